The summed E-state index contributed by atoms with van der Waals surface area (Å²) in [5, 5.41) is 5.08. The number of hydrogen-bond donors (Lipinski definition) is 2. The van der Waals surface area contributed by atoms with Crippen LogP contribution in [-0.4, -0.2) is 37.0 Å². The lowest BCUT2D eigenvalue weighted by Crippen LogP contribution is -2.43. The lowest BCUT2D eigenvalue weighted by Gasteiger charge is -2.29. The number of alkyl halides is 3. The molecular formula is C19H23F3N2O4. The van der Waals surface area contributed by atoms with Crippen LogP contribution in [0.3, 0.4) is 0 Å². The first-order chi connectivity index (χ1) is 13.2. The smallest absolute Gasteiger partial charge is 0.416 e. The van der Waals surface area contributed by atoms with Gasteiger partial charge in [-0.15, -0.1) is 0 Å². The van der Waals surface area contributed by atoms with E-state index in [9.17, 15) is 27.6 Å². The first-order valence-corrected chi connectivity index (χ1v) is 9.07. The summed E-state index contributed by atoms with van der Waals surface area (Å²) >= 11 is 0. The van der Waals surface area contributed by atoms with Gasteiger partial charge in [-0.05, 0) is 43.0 Å². The highest BCUT2D eigenvalue weighted by atomic mass is 19.4. The molecule has 0 saturated heterocycles. The third-order valence-electron chi connectivity index (χ3n) is 4.69. The second-order valence-corrected chi connectivity index (χ2v) is 6.85. The van der Waals surface area contributed by atoms with Gasteiger partial charge in [-0.1, -0.05) is 19.8 Å². The second-order valence-electron chi connectivity index (χ2n) is 6.85. The molecule has 0 heterocycles. The van der Waals surface area contributed by atoms with E-state index < -0.39 is 42.7 Å². The molecule has 2 amide bonds. The van der Waals surface area contributed by atoms with E-state index in [2.05, 4.69) is 17.6 Å². The molecule has 0 unspecified atom stereocenters. The molecule has 2 rings (SSSR count). The van der Waals surface area contributed by atoms with Gasteiger partial charge in [0.05, 0.1) is 5.56 Å². The summed E-state index contributed by atoms with van der Waals surface area (Å²) in [5.74, 6) is -1.56. The lowest BCUT2D eigenvalue weighted by atomic mass is 9.86. The summed E-state index contributed by atoms with van der Waals surface area (Å²) in [7, 11) is 0. The van der Waals surface area contributed by atoms with Gasteiger partial charge >= 0.3 is 12.1 Å². The van der Waals surface area contributed by atoms with E-state index in [0.717, 1.165) is 49.9 Å². The minimum atomic E-state index is -4.49. The summed E-state index contributed by atoms with van der Waals surface area (Å²) in [6.07, 6.45) is -0.369. The molecule has 1 aliphatic carbocycles. The molecule has 9 heteroatoms. The van der Waals surface area contributed by atoms with Gasteiger partial charge in [0.25, 0.3) is 11.8 Å². The molecule has 1 saturated carbocycles. The monoisotopic (exact) mass is 400 g/mol. The highest BCUT2D eigenvalue weighted by Gasteiger charge is 2.30. The Morgan fingerprint density at radius 2 is 1.75 bits per heavy atom. The third kappa shape index (κ3) is 6.54. The lowest BCUT2D eigenvalue weighted by molar-refractivity contribution is -0.147. The van der Waals surface area contributed by atoms with Crippen LogP contribution in [0.5, 0.6) is 0 Å². The molecule has 28 heavy (non-hydrogen) atoms. The summed E-state index contributed by atoms with van der Waals surface area (Å²) < 4.78 is 42.3. The third-order valence-corrected chi connectivity index (χ3v) is 4.69. The molecule has 0 radical (unpaired) electrons. The molecule has 2 atom stereocenters. The number of carbonyl (C=O) groups excluding carboxylic acids is 3. The molecular weight excluding hydrogens is 377 g/mol. The zero-order valence-electron chi connectivity index (χ0n) is 15.5. The van der Waals surface area contributed by atoms with Crippen LogP contribution < -0.4 is 10.6 Å². The van der Waals surface area contributed by atoms with Gasteiger partial charge in [0.1, 0.15) is 6.54 Å². The topological polar surface area (TPSA) is 84.5 Å². The summed E-state index contributed by atoms with van der Waals surface area (Å²) in [5.41, 5.74) is -0.897. The van der Waals surface area contributed by atoms with Crippen molar-refractivity contribution in [2.75, 3.05) is 13.2 Å². The van der Waals surface area contributed by atoms with Gasteiger partial charge in [-0.25, -0.2) is 0 Å². The van der Waals surface area contributed by atoms with E-state index in [1.807, 2.05) is 0 Å². The number of carbonyl (C=O) groups is 3. The molecule has 1 aliphatic rings. The van der Waals surface area contributed by atoms with Gasteiger partial charge in [-0.3, -0.25) is 14.4 Å². The van der Waals surface area contributed by atoms with E-state index in [1.54, 1.807) is 0 Å². The highest BCUT2D eigenvalue weighted by molar-refractivity contribution is 5.96. The van der Waals surface area contributed by atoms with Gasteiger partial charge in [-0.2, -0.15) is 13.2 Å². The highest BCUT2D eigenvalue weighted by Crippen LogP contribution is 2.29. The maximum atomic E-state index is 12.5. The first kappa shape index (κ1) is 21.7. The molecule has 154 valence electrons. The minimum absolute atomic E-state index is 0.0233. The van der Waals surface area contributed by atoms with Gasteiger partial charge in [0.15, 0.2) is 6.61 Å². The number of ether oxygens (including phenoxy) is 1. The average Bonchev–Trinajstić information content (AvgIpc) is 2.65. The van der Waals surface area contributed by atoms with Crippen LogP contribution in [0.4, 0.5) is 13.2 Å². The Balaban J connectivity index is 1.71. The Morgan fingerprint density at radius 3 is 2.36 bits per heavy atom. The van der Waals surface area contributed by atoms with Crippen LogP contribution in [0.25, 0.3) is 0 Å². The molecule has 0 bridgehead atoms. The van der Waals surface area contributed by atoms with Crippen molar-refractivity contribution in [2.24, 2.45) is 5.92 Å². The fourth-order valence-electron chi connectivity index (χ4n) is 3.04. The average molecular weight is 400 g/mol. The number of rotatable bonds is 6. The Labute approximate surface area is 160 Å². The van der Waals surface area contributed by atoms with Crippen molar-refractivity contribution in [2.45, 2.75) is 44.8 Å². The SMILES string of the molecule is C[C@H]1CCCC[C@@H]1NC(=O)COC(=O)CNC(=O)c1ccc(C(F)(F)F)cc1. The molecule has 6 nitrogen and oxygen atoms in total. The Morgan fingerprint density at radius 1 is 1.11 bits per heavy atom. The first-order valence-electron chi connectivity index (χ1n) is 9.07. The van der Waals surface area contributed by atoms with Crippen LogP contribution in [0.2, 0.25) is 0 Å². The zero-order valence-corrected chi connectivity index (χ0v) is 15.5. The second kappa shape index (κ2) is 9.57. The predicted octanol–water partition coefficient (Wildman–Crippen LogP) is 2.67. The molecule has 0 aromatic heterocycles. The fourth-order valence-corrected chi connectivity index (χ4v) is 3.04. The Bertz CT molecular complexity index is 704. The largest absolute Gasteiger partial charge is 0.454 e. The number of esters is 1. The number of halogens is 3. The van der Waals surface area contributed by atoms with Crippen LogP contribution >= 0.6 is 0 Å². The van der Waals surface area contributed by atoms with Crippen LogP contribution in [0, 0.1) is 5.92 Å². The van der Waals surface area contributed by atoms with Crippen molar-refractivity contribution in [3.63, 3.8) is 0 Å². The quantitative estimate of drug-likeness (QED) is 0.719. The summed E-state index contributed by atoms with van der Waals surface area (Å²) in [6.45, 7) is 1.12. The van der Waals surface area contributed by atoms with Crippen molar-refractivity contribution in [1.82, 2.24) is 10.6 Å². The van der Waals surface area contributed by atoms with E-state index in [-0.39, 0.29) is 11.6 Å². The van der Waals surface area contributed by atoms with Gasteiger partial charge in [0.2, 0.25) is 0 Å². The van der Waals surface area contributed by atoms with Crippen LogP contribution in [0.1, 0.15) is 48.5 Å². The number of hydrogen-bond acceptors (Lipinski definition) is 4. The maximum Gasteiger partial charge on any atom is 0.416 e. The number of nitrogens with one attached hydrogen (secondary N) is 2. The molecule has 2 N–H and O–H groups in total. The molecule has 1 aromatic carbocycles. The van der Waals surface area contributed by atoms with Crippen molar-refractivity contribution in [3.8, 4) is 0 Å². The Hall–Kier alpha value is -2.58. The minimum Gasteiger partial charge on any atom is -0.454 e. The summed E-state index contributed by atoms with van der Waals surface area (Å²) in [4.78, 5) is 35.4. The predicted molar refractivity (Wildman–Crippen MR) is 94.3 cm³/mol. The van der Waals surface area contributed by atoms with E-state index in [4.69, 9.17) is 4.74 Å². The Kier molecular flexibility index (Phi) is 7.42. The van der Waals surface area contributed by atoms with E-state index in [0.29, 0.717) is 5.92 Å². The standard InChI is InChI=1S/C19H23F3N2O4/c1-12-4-2-3-5-15(12)24-16(25)11-28-17(26)10-23-18(27)13-6-8-14(9-7-13)19(20,21)22/h6-9,12,15H,2-5,10-11H2,1H3,(H,23,27)(H,24,25)/t12-,15-/m0/s1. The summed E-state index contributed by atoms with van der Waals surface area (Å²) in [6, 6.07) is 3.66. The number of amides is 2. The van der Waals surface area contributed by atoms with Crippen molar-refractivity contribution < 1.29 is 32.3 Å². The van der Waals surface area contributed by atoms with Crippen molar-refractivity contribution in [1.29, 1.82) is 0 Å². The van der Waals surface area contributed by atoms with Crippen LogP contribution in [0.15, 0.2) is 24.3 Å². The molecule has 0 aliphatic heterocycles. The van der Waals surface area contributed by atoms with E-state index in [1.165, 1.54) is 0 Å². The van der Waals surface area contributed by atoms with Gasteiger partial charge < -0.3 is 15.4 Å². The molecule has 0 spiro atoms. The van der Waals surface area contributed by atoms with Crippen LogP contribution in [-0.2, 0) is 20.5 Å². The normalized spacial score (nSPS) is 19.6. The van der Waals surface area contributed by atoms with Gasteiger partial charge in [0, 0.05) is 11.6 Å². The number of benzene rings is 1. The molecule has 1 fully saturated rings. The van der Waals surface area contributed by atoms with Crippen molar-refractivity contribution >= 4 is 17.8 Å². The zero-order chi connectivity index (χ0) is 20.7. The fraction of sp³-hybridized carbons (Fsp3) is 0.526. The maximum absolute atomic E-state index is 12.5. The van der Waals surface area contributed by atoms with Crippen molar-refractivity contribution in [3.05, 3.63) is 35.4 Å². The molecule has 1 aromatic rings. The van der Waals surface area contributed by atoms with E-state index >= 15 is 0 Å².